The van der Waals surface area contributed by atoms with E-state index in [-0.39, 0.29) is 12.1 Å². The van der Waals surface area contributed by atoms with Gasteiger partial charge in [0.2, 0.25) is 4.96 Å². The molecule has 0 bridgehead atoms. The molecule has 8 nitrogen and oxygen atoms in total. The first-order valence-corrected chi connectivity index (χ1v) is 12.1. The van der Waals surface area contributed by atoms with E-state index in [4.69, 9.17) is 14.7 Å². The van der Waals surface area contributed by atoms with Crippen LogP contribution in [0.5, 0.6) is 0 Å². The van der Waals surface area contributed by atoms with Crippen molar-refractivity contribution in [1.29, 1.82) is 5.26 Å². The van der Waals surface area contributed by atoms with Crippen LogP contribution in [0.3, 0.4) is 0 Å². The molecule has 1 aromatic carbocycles. The Kier molecular flexibility index (Phi) is 4.85. The van der Waals surface area contributed by atoms with Crippen LogP contribution in [-0.2, 0) is 17.6 Å². The number of pyridine rings is 1. The van der Waals surface area contributed by atoms with E-state index in [9.17, 15) is 5.26 Å². The van der Waals surface area contributed by atoms with Gasteiger partial charge in [-0.05, 0) is 44.4 Å². The monoisotopic (exact) mass is 457 g/mol. The first-order valence-electron chi connectivity index (χ1n) is 11.3. The maximum atomic E-state index is 9.48. The van der Waals surface area contributed by atoms with Crippen molar-refractivity contribution in [3.8, 4) is 6.07 Å². The molecule has 1 aliphatic heterocycles. The number of hydrogen-bond acceptors (Lipinski definition) is 7. The number of aryl methyl sites for hydroxylation is 1. The average Bonchev–Trinajstić information content (AvgIpc) is 3.49. The molecule has 2 atom stereocenters. The summed E-state index contributed by atoms with van der Waals surface area (Å²) in [5.74, 6) is 0.960. The lowest BCUT2D eigenvalue weighted by Gasteiger charge is -2.30. The molecule has 0 radical (unpaired) electrons. The Morgan fingerprint density at radius 1 is 1.27 bits per heavy atom. The van der Waals surface area contributed by atoms with E-state index < -0.39 is 0 Å². The Morgan fingerprint density at radius 3 is 2.97 bits per heavy atom. The Balaban J connectivity index is 1.53. The molecule has 0 saturated carbocycles. The van der Waals surface area contributed by atoms with E-state index >= 15 is 0 Å². The highest BCUT2D eigenvalue weighted by atomic mass is 32.1. The minimum Gasteiger partial charge on any atom is -0.378 e. The van der Waals surface area contributed by atoms with Crippen LogP contribution in [0, 0.1) is 11.3 Å². The molecular weight excluding hydrogens is 434 g/mol. The van der Waals surface area contributed by atoms with Crippen molar-refractivity contribution < 1.29 is 4.74 Å². The van der Waals surface area contributed by atoms with Crippen molar-refractivity contribution in [1.82, 2.24) is 29.1 Å². The molecule has 9 heteroatoms. The molecule has 5 aromatic rings. The van der Waals surface area contributed by atoms with Crippen molar-refractivity contribution in [2.75, 3.05) is 6.61 Å². The molecule has 5 heterocycles. The van der Waals surface area contributed by atoms with Crippen LogP contribution in [0.15, 0.2) is 30.6 Å². The van der Waals surface area contributed by atoms with Gasteiger partial charge in [-0.25, -0.2) is 14.5 Å². The van der Waals surface area contributed by atoms with Gasteiger partial charge in [0.25, 0.3) is 0 Å². The Hall–Kier alpha value is -3.35. The predicted molar refractivity (Wildman–Crippen MR) is 126 cm³/mol. The van der Waals surface area contributed by atoms with E-state index in [0.29, 0.717) is 12.0 Å². The van der Waals surface area contributed by atoms with Gasteiger partial charge >= 0.3 is 0 Å². The highest BCUT2D eigenvalue weighted by Gasteiger charge is 2.27. The molecule has 1 saturated heterocycles. The fraction of sp³-hybridized carbons (Fsp3) is 0.375. The zero-order valence-corrected chi connectivity index (χ0v) is 19.3. The van der Waals surface area contributed by atoms with Crippen molar-refractivity contribution in [2.24, 2.45) is 0 Å². The van der Waals surface area contributed by atoms with E-state index in [2.05, 4.69) is 34.6 Å². The summed E-state index contributed by atoms with van der Waals surface area (Å²) in [5.41, 5.74) is 4.33. The van der Waals surface area contributed by atoms with Gasteiger partial charge in [0, 0.05) is 24.5 Å². The summed E-state index contributed by atoms with van der Waals surface area (Å²) < 4.78 is 10.1. The lowest BCUT2D eigenvalue weighted by atomic mass is 10.0. The molecule has 0 amide bonds. The standard InChI is InChI=1S/C24H23N7OS/c1-3-22-29-30-13-16(27-24(30)33-22)10-21-28-20-12-26-19-5-4-15(11-25)9-18(19)23(20)31(21)17-6-7-32-14(2)8-17/h4-5,9,12-14,17H,3,6-8,10H2,1-2H3/t14-,17?/m1/s1. The second kappa shape index (κ2) is 7.90. The smallest absolute Gasteiger partial charge is 0.212 e. The summed E-state index contributed by atoms with van der Waals surface area (Å²) in [6.07, 6.45) is 7.39. The van der Waals surface area contributed by atoms with Crippen LogP contribution in [0.25, 0.3) is 26.9 Å². The van der Waals surface area contributed by atoms with E-state index in [1.165, 1.54) is 0 Å². The third kappa shape index (κ3) is 3.46. The SMILES string of the molecule is CCc1nn2cc(Cc3nc4cnc5ccc(C#N)cc5c4n3C3CCO[C@H](C)C3)nc2s1. The number of imidazole rings is 2. The van der Waals surface area contributed by atoms with Gasteiger partial charge < -0.3 is 9.30 Å². The number of rotatable bonds is 4. The zero-order chi connectivity index (χ0) is 22.5. The van der Waals surface area contributed by atoms with Crippen LogP contribution in [0.4, 0.5) is 0 Å². The maximum absolute atomic E-state index is 9.48. The molecule has 4 aromatic heterocycles. The molecule has 1 aliphatic rings. The molecule has 6 rings (SSSR count). The van der Waals surface area contributed by atoms with Crippen molar-refractivity contribution >= 4 is 38.2 Å². The Bertz CT molecular complexity index is 1510. The highest BCUT2D eigenvalue weighted by molar-refractivity contribution is 7.16. The average molecular weight is 458 g/mol. The van der Waals surface area contributed by atoms with Crippen LogP contribution in [0.2, 0.25) is 0 Å². The molecule has 1 unspecified atom stereocenters. The topological polar surface area (TPSA) is 93.9 Å². The zero-order valence-electron chi connectivity index (χ0n) is 18.5. The van der Waals surface area contributed by atoms with Gasteiger partial charge in [-0.2, -0.15) is 10.4 Å². The molecular formula is C24H23N7OS. The number of benzene rings is 1. The summed E-state index contributed by atoms with van der Waals surface area (Å²) in [4.78, 5) is 15.4. The molecule has 166 valence electrons. The minimum atomic E-state index is 0.187. The van der Waals surface area contributed by atoms with Crippen LogP contribution >= 0.6 is 11.3 Å². The van der Waals surface area contributed by atoms with Gasteiger partial charge in [0.1, 0.15) is 16.3 Å². The van der Waals surface area contributed by atoms with E-state index in [1.54, 1.807) is 11.3 Å². The fourth-order valence-corrected chi connectivity index (χ4v) is 5.63. The Labute approximate surface area is 194 Å². The third-order valence-electron chi connectivity index (χ3n) is 6.32. The predicted octanol–water partition coefficient (Wildman–Crippen LogP) is 4.45. The number of nitriles is 1. The summed E-state index contributed by atoms with van der Waals surface area (Å²) in [6, 6.07) is 8.18. The highest BCUT2D eigenvalue weighted by Crippen LogP contribution is 2.34. The van der Waals surface area contributed by atoms with E-state index in [0.717, 1.165) is 69.3 Å². The maximum Gasteiger partial charge on any atom is 0.212 e. The largest absolute Gasteiger partial charge is 0.378 e. The summed E-state index contributed by atoms with van der Waals surface area (Å²) in [5, 5.41) is 16.1. The molecule has 0 N–H and O–H groups in total. The molecule has 1 fully saturated rings. The normalized spacial score (nSPS) is 18.9. The van der Waals surface area contributed by atoms with Crippen molar-refractivity contribution in [3.05, 3.63) is 52.7 Å². The van der Waals surface area contributed by atoms with Crippen LogP contribution in [0.1, 0.15) is 54.8 Å². The number of ether oxygens (including phenoxy) is 1. The first-order chi connectivity index (χ1) is 16.1. The Morgan fingerprint density at radius 2 is 2.18 bits per heavy atom. The molecule has 0 spiro atoms. The summed E-state index contributed by atoms with van der Waals surface area (Å²) >= 11 is 1.63. The lowest BCUT2D eigenvalue weighted by Crippen LogP contribution is -2.26. The van der Waals surface area contributed by atoms with Crippen LogP contribution in [-0.4, -0.2) is 41.8 Å². The lowest BCUT2D eigenvalue weighted by molar-refractivity contribution is 0.00631. The van der Waals surface area contributed by atoms with Crippen molar-refractivity contribution in [2.45, 2.75) is 51.7 Å². The van der Waals surface area contributed by atoms with Gasteiger partial charge in [-0.1, -0.05) is 18.3 Å². The molecule has 33 heavy (non-hydrogen) atoms. The number of aromatic nitrogens is 6. The molecule has 0 aliphatic carbocycles. The number of hydrogen-bond donors (Lipinski definition) is 0. The first kappa shape index (κ1) is 20.3. The van der Waals surface area contributed by atoms with Crippen LogP contribution < -0.4 is 0 Å². The van der Waals surface area contributed by atoms with Gasteiger partial charge in [0.05, 0.1) is 46.9 Å². The number of fused-ring (bicyclic) bond motifs is 4. The summed E-state index contributed by atoms with van der Waals surface area (Å²) in [7, 11) is 0. The van der Waals surface area contributed by atoms with Gasteiger partial charge in [0.15, 0.2) is 0 Å². The minimum absolute atomic E-state index is 0.187. The summed E-state index contributed by atoms with van der Waals surface area (Å²) in [6.45, 7) is 4.95. The third-order valence-corrected chi connectivity index (χ3v) is 7.38. The second-order valence-electron chi connectivity index (χ2n) is 8.58. The second-order valence-corrected chi connectivity index (χ2v) is 9.62. The van der Waals surface area contributed by atoms with Gasteiger partial charge in [-0.15, -0.1) is 0 Å². The number of nitrogens with zero attached hydrogens (tertiary/aromatic N) is 7. The quantitative estimate of drug-likeness (QED) is 0.396. The fourth-order valence-electron chi connectivity index (χ4n) is 4.80. The van der Waals surface area contributed by atoms with Crippen molar-refractivity contribution in [3.63, 3.8) is 0 Å². The van der Waals surface area contributed by atoms with E-state index in [1.807, 2.05) is 35.1 Å². The van der Waals surface area contributed by atoms with Gasteiger partial charge in [-0.3, -0.25) is 4.98 Å².